The molecule has 0 aliphatic carbocycles. The van der Waals surface area contributed by atoms with Crippen molar-refractivity contribution in [1.29, 1.82) is 0 Å². The van der Waals surface area contributed by atoms with Crippen molar-refractivity contribution in [2.24, 2.45) is 0 Å². The molecule has 0 fully saturated rings. The van der Waals surface area contributed by atoms with Gasteiger partial charge in [0.1, 0.15) is 0 Å². The third-order valence-electron chi connectivity index (χ3n) is 4.45. The molecule has 8 heteroatoms. The van der Waals surface area contributed by atoms with E-state index in [0.29, 0.717) is 5.69 Å². The summed E-state index contributed by atoms with van der Waals surface area (Å²) in [5.41, 5.74) is 1.10. The molecular formula is C21H25N3O5. The van der Waals surface area contributed by atoms with Crippen molar-refractivity contribution in [2.45, 2.75) is 38.8 Å². The molecule has 0 unspecified atom stereocenters. The number of nitro benzene ring substituents is 1. The predicted molar refractivity (Wildman–Crippen MR) is 110 cm³/mol. The molecule has 0 aromatic heterocycles. The average Bonchev–Trinajstić information content (AvgIpc) is 2.73. The van der Waals surface area contributed by atoms with Crippen molar-refractivity contribution in [3.8, 4) is 0 Å². The van der Waals surface area contributed by atoms with Gasteiger partial charge in [-0.25, -0.2) is 4.79 Å². The van der Waals surface area contributed by atoms with Crippen molar-refractivity contribution in [2.75, 3.05) is 12.4 Å². The van der Waals surface area contributed by atoms with E-state index < -0.39 is 22.9 Å². The third-order valence-corrected chi connectivity index (χ3v) is 4.45. The van der Waals surface area contributed by atoms with Crippen LogP contribution in [0.2, 0.25) is 0 Å². The summed E-state index contributed by atoms with van der Waals surface area (Å²) in [7, 11) is 1.59. The third kappa shape index (κ3) is 5.78. The van der Waals surface area contributed by atoms with Crippen molar-refractivity contribution < 1.29 is 19.2 Å². The van der Waals surface area contributed by atoms with E-state index in [4.69, 9.17) is 4.74 Å². The number of amides is 1. The fourth-order valence-electron chi connectivity index (χ4n) is 2.90. The van der Waals surface area contributed by atoms with Gasteiger partial charge in [-0.1, -0.05) is 43.7 Å². The Bertz CT molecular complexity index is 870. The lowest BCUT2D eigenvalue weighted by Crippen LogP contribution is -2.38. The van der Waals surface area contributed by atoms with Crippen LogP contribution in [0.1, 0.15) is 48.7 Å². The van der Waals surface area contributed by atoms with Crippen LogP contribution in [0.25, 0.3) is 0 Å². The number of nitrogens with one attached hydrogen (secondary N) is 2. The van der Waals surface area contributed by atoms with Crippen molar-refractivity contribution in [3.63, 3.8) is 0 Å². The maximum absolute atomic E-state index is 12.6. The molecule has 0 spiro atoms. The van der Waals surface area contributed by atoms with Gasteiger partial charge in [0.05, 0.1) is 16.5 Å². The van der Waals surface area contributed by atoms with Gasteiger partial charge in [0, 0.05) is 24.9 Å². The number of esters is 1. The second-order valence-electron chi connectivity index (χ2n) is 6.55. The van der Waals surface area contributed by atoms with Gasteiger partial charge in [0.25, 0.3) is 11.6 Å². The minimum absolute atomic E-state index is 0.00508. The number of benzene rings is 2. The first-order chi connectivity index (χ1) is 13.9. The maximum Gasteiger partial charge on any atom is 0.341 e. The van der Waals surface area contributed by atoms with E-state index in [-0.39, 0.29) is 17.3 Å². The Hall–Kier alpha value is -3.42. The molecule has 2 rings (SSSR count). The molecule has 29 heavy (non-hydrogen) atoms. The second-order valence-corrected chi connectivity index (χ2v) is 6.55. The Morgan fingerprint density at radius 3 is 2.45 bits per heavy atom. The topological polar surface area (TPSA) is 111 Å². The molecule has 1 amide bonds. The maximum atomic E-state index is 12.6. The normalized spacial score (nSPS) is 12.5. The van der Waals surface area contributed by atoms with Gasteiger partial charge in [-0.3, -0.25) is 14.9 Å². The molecule has 154 valence electrons. The Balaban J connectivity index is 2.11. The quantitative estimate of drug-likeness (QED) is 0.377. The SMILES string of the molecule is CCC[C@H](NC(=O)[C@@H](C)OC(=O)c1cc([N+](=O)[O-])ccc1NC)c1ccccc1. The Labute approximate surface area is 169 Å². The highest BCUT2D eigenvalue weighted by atomic mass is 16.6. The Kier molecular flexibility index (Phi) is 7.70. The molecule has 0 bridgehead atoms. The highest BCUT2D eigenvalue weighted by Gasteiger charge is 2.24. The van der Waals surface area contributed by atoms with Gasteiger partial charge < -0.3 is 15.4 Å². The van der Waals surface area contributed by atoms with E-state index in [1.54, 1.807) is 7.05 Å². The standard InChI is InChI=1S/C21H25N3O5/c1-4-8-18(15-9-6-5-7-10-15)23-20(25)14(2)29-21(26)17-13-16(24(27)28)11-12-19(17)22-3/h5-7,9-14,18,22H,4,8H2,1-3H3,(H,23,25)/t14-,18+/m1/s1. The van der Waals surface area contributed by atoms with Crippen LogP contribution in [-0.2, 0) is 9.53 Å². The molecule has 2 aromatic carbocycles. The van der Waals surface area contributed by atoms with Gasteiger partial charge in [-0.2, -0.15) is 0 Å². The molecule has 0 saturated carbocycles. The van der Waals surface area contributed by atoms with Gasteiger partial charge in [0.2, 0.25) is 0 Å². The molecule has 2 aromatic rings. The monoisotopic (exact) mass is 399 g/mol. The number of carbonyl (C=O) groups excluding carboxylic acids is 2. The summed E-state index contributed by atoms with van der Waals surface area (Å²) < 4.78 is 5.28. The second kappa shape index (κ2) is 10.2. The number of rotatable bonds is 9. The number of ether oxygens (including phenoxy) is 1. The summed E-state index contributed by atoms with van der Waals surface area (Å²) >= 11 is 0. The number of nitro groups is 1. The zero-order valence-corrected chi connectivity index (χ0v) is 16.7. The summed E-state index contributed by atoms with van der Waals surface area (Å²) in [6, 6.07) is 13.2. The van der Waals surface area contributed by atoms with Crippen LogP contribution >= 0.6 is 0 Å². The first-order valence-corrected chi connectivity index (χ1v) is 9.39. The number of hydrogen-bond acceptors (Lipinski definition) is 6. The summed E-state index contributed by atoms with van der Waals surface area (Å²) in [4.78, 5) is 35.5. The predicted octanol–water partition coefficient (Wildman–Crippen LogP) is 3.84. The number of carbonyl (C=O) groups is 2. The summed E-state index contributed by atoms with van der Waals surface area (Å²) in [5, 5.41) is 16.7. The lowest BCUT2D eigenvalue weighted by Gasteiger charge is -2.21. The minimum Gasteiger partial charge on any atom is -0.449 e. The smallest absolute Gasteiger partial charge is 0.341 e. The average molecular weight is 399 g/mol. The number of anilines is 1. The van der Waals surface area contributed by atoms with Crippen molar-refractivity contribution in [1.82, 2.24) is 5.32 Å². The van der Waals surface area contributed by atoms with Crippen LogP contribution < -0.4 is 10.6 Å². The Morgan fingerprint density at radius 1 is 1.17 bits per heavy atom. The van der Waals surface area contributed by atoms with E-state index in [1.165, 1.54) is 19.1 Å². The zero-order chi connectivity index (χ0) is 21.4. The van der Waals surface area contributed by atoms with Crippen LogP contribution in [0.5, 0.6) is 0 Å². The summed E-state index contributed by atoms with van der Waals surface area (Å²) in [5.74, 6) is -1.25. The van der Waals surface area contributed by atoms with Crippen molar-refractivity contribution in [3.05, 3.63) is 69.8 Å². The summed E-state index contributed by atoms with van der Waals surface area (Å²) in [6.07, 6.45) is 0.549. The number of non-ortho nitro benzene ring substituents is 1. The Morgan fingerprint density at radius 2 is 1.86 bits per heavy atom. The number of nitrogens with zero attached hydrogens (tertiary/aromatic N) is 1. The van der Waals surface area contributed by atoms with Gasteiger partial charge in [-0.15, -0.1) is 0 Å². The van der Waals surface area contributed by atoms with E-state index in [2.05, 4.69) is 10.6 Å². The first-order valence-electron chi connectivity index (χ1n) is 9.39. The zero-order valence-electron chi connectivity index (χ0n) is 16.7. The van der Waals surface area contributed by atoms with E-state index >= 15 is 0 Å². The highest BCUT2D eigenvalue weighted by molar-refractivity contribution is 5.98. The minimum atomic E-state index is -1.06. The molecule has 0 saturated heterocycles. The molecular weight excluding hydrogens is 374 g/mol. The van der Waals surface area contributed by atoms with Crippen LogP contribution in [0, 0.1) is 10.1 Å². The van der Waals surface area contributed by atoms with Crippen molar-refractivity contribution >= 4 is 23.3 Å². The van der Waals surface area contributed by atoms with E-state index in [1.807, 2.05) is 37.3 Å². The van der Waals surface area contributed by atoms with Gasteiger partial charge in [0.15, 0.2) is 6.10 Å². The van der Waals surface area contributed by atoms with Crippen LogP contribution in [0.15, 0.2) is 48.5 Å². The highest BCUT2D eigenvalue weighted by Crippen LogP contribution is 2.23. The molecule has 0 aliphatic rings. The van der Waals surface area contributed by atoms with Crippen LogP contribution in [0.3, 0.4) is 0 Å². The lowest BCUT2D eigenvalue weighted by atomic mass is 10.0. The van der Waals surface area contributed by atoms with E-state index in [9.17, 15) is 19.7 Å². The van der Waals surface area contributed by atoms with Gasteiger partial charge >= 0.3 is 5.97 Å². The number of hydrogen-bond donors (Lipinski definition) is 2. The van der Waals surface area contributed by atoms with E-state index in [0.717, 1.165) is 24.5 Å². The fourth-order valence-corrected chi connectivity index (χ4v) is 2.90. The lowest BCUT2D eigenvalue weighted by molar-refractivity contribution is -0.384. The summed E-state index contributed by atoms with van der Waals surface area (Å²) in [6.45, 7) is 3.49. The largest absolute Gasteiger partial charge is 0.449 e. The molecule has 2 atom stereocenters. The van der Waals surface area contributed by atoms with Crippen LogP contribution in [-0.4, -0.2) is 30.0 Å². The molecule has 0 radical (unpaired) electrons. The molecule has 8 nitrogen and oxygen atoms in total. The van der Waals surface area contributed by atoms with Crippen LogP contribution in [0.4, 0.5) is 11.4 Å². The fraction of sp³-hybridized carbons (Fsp3) is 0.333. The molecule has 0 aliphatic heterocycles. The van der Waals surface area contributed by atoms with Gasteiger partial charge in [-0.05, 0) is 25.0 Å². The first kappa shape index (κ1) is 21.9. The molecule has 2 N–H and O–H groups in total. The molecule has 0 heterocycles.